The second-order valence-electron chi connectivity index (χ2n) is 5.96. The standard InChI is InChI=1S/C20H21N3O2/c21-15-17-1-5-18(6-2-17)20(24)22-10-9-16-3-7-19(8-4-16)23-11-13-25-14-12-23/h1-8H,9-14H2,(H,22,24). The number of carbonyl (C=O) groups excluding carboxylic acids is 1. The highest BCUT2D eigenvalue weighted by molar-refractivity contribution is 5.94. The molecule has 0 spiro atoms. The fourth-order valence-corrected chi connectivity index (χ4v) is 2.81. The molecule has 2 aromatic carbocycles. The van der Waals surface area contributed by atoms with E-state index in [0.717, 1.165) is 32.7 Å². The lowest BCUT2D eigenvalue weighted by atomic mass is 10.1. The second kappa shape index (κ2) is 8.32. The van der Waals surface area contributed by atoms with E-state index in [-0.39, 0.29) is 5.91 Å². The first kappa shape index (κ1) is 17.0. The maximum atomic E-state index is 12.1. The molecule has 0 unspecified atom stereocenters. The van der Waals surface area contributed by atoms with Crippen molar-refractivity contribution in [3.05, 3.63) is 65.2 Å². The largest absolute Gasteiger partial charge is 0.378 e. The van der Waals surface area contributed by atoms with E-state index in [1.807, 2.05) is 6.07 Å². The highest BCUT2D eigenvalue weighted by Gasteiger charge is 2.10. The van der Waals surface area contributed by atoms with E-state index in [9.17, 15) is 4.79 Å². The molecule has 1 N–H and O–H groups in total. The Kier molecular flexibility index (Phi) is 5.65. The first-order valence-corrected chi connectivity index (χ1v) is 8.46. The first-order valence-electron chi connectivity index (χ1n) is 8.46. The number of nitrogens with one attached hydrogen (secondary N) is 1. The van der Waals surface area contributed by atoms with Crippen LogP contribution in [0.3, 0.4) is 0 Å². The van der Waals surface area contributed by atoms with Crippen molar-refractivity contribution < 1.29 is 9.53 Å². The van der Waals surface area contributed by atoms with Gasteiger partial charge in [-0.25, -0.2) is 0 Å². The zero-order valence-corrected chi connectivity index (χ0v) is 14.1. The van der Waals surface area contributed by atoms with Crippen LogP contribution < -0.4 is 10.2 Å². The molecule has 0 atom stereocenters. The molecular weight excluding hydrogens is 314 g/mol. The molecular formula is C20H21N3O2. The number of ether oxygens (including phenoxy) is 1. The van der Waals surface area contributed by atoms with Gasteiger partial charge in [-0.3, -0.25) is 4.79 Å². The molecule has 0 aromatic heterocycles. The second-order valence-corrected chi connectivity index (χ2v) is 5.96. The molecule has 5 heteroatoms. The lowest BCUT2D eigenvalue weighted by Crippen LogP contribution is -2.36. The summed E-state index contributed by atoms with van der Waals surface area (Å²) in [6.45, 7) is 4.00. The molecule has 1 heterocycles. The van der Waals surface area contributed by atoms with E-state index in [2.05, 4.69) is 34.5 Å². The Balaban J connectivity index is 1.48. The van der Waals surface area contributed by atoms with Gasteiger partial charge in [0.2, 0.25) is 0 Å². The SMILES string of the molecule is N#Cc1ccc(C(=O)NCCc2ccc(N3CCOCC3)cc2)cc1. The van der Waals surface area contributed by atoms with Crippen molar-refractivity contribution in [1.82, 2.24) is 5.32 Å². The summed E-state index contributed by atoms with van der Waals surface area (Å²) in [4.78, 5) is 14.4. The number of anilines is 1. The zero-order chi connectivity index (χ0) is 17.5. The predicted octanol–water partition coefficient (Wildman–Crippen LogP) is 2.37. The maximum absolute atomic E-state index is 12.1. The van der Waals surface area contributed by atoms with Crippen LogP contribution >= 0.6 is 0 Å². The van der Waals surface area contributed by atoms with Gasteiger partial charge in [-0.05, 0) is 48.4 Å². The molecule has 0 radical (unpaired) electrons. The Hall–Kier alpha value is -2.84. The van der Waals surface area contributed by atoms with Gasteiger partial charge < -0.3 is 15.0 Å². The van der Waals surface area contributed by atoms with E-state index < -0.39 is 0 Å². The third kappa shape index (κ3) is 4.59. The molecule has 25 heavy (non-hydrogen) atoms. The van der Waals surface area contributed by atoms with Crippen LogP contribution in [-0.4, -0.2) is 38.8 Å². The van der Waals surface area contributed by atoms with Gasteiger partial charge in [0.15, 0.2) is 0 Å². The van der Waals surface area contributed by atoms with Crippen molar-refractivity contribution in [3.63, 3.8) is 0 Å². The van der Waals surface area contributed by atoms with Crippen molar-refractivity contribution >= 4 is 11.6 Å². The van der Waals surface area contributed by atoms with E-state index in [1.165, 1.54) is 11.3 Å². The first-order chi connectivity index (χ1) is 12.3. The zero-order valence-electron chi connectivity index (χ0n) is 14.1. The number of hydrogen-bond donors (Lipinski definition) is 1. The molecule has 2 aromatic rings. The van der Waals surface area contributed by atoms with Gasteiger partial charge in [-0.2, -0.15) is 5.26 Å². The van der Waals surface area contributed by atoms with E-state index in [1.54, 1.807) is 24.3 Å². The summed E-state index contributed by atoms with van der Waals surface area (Å²) >= 11 is 0. The van der Waals surface area contributed by atoms with Gasteiger partial charge in [0.1, 0.15) is 0 Å². The van der Waals surface area contributed by atoms with Crippen LogP contribution in [-0.2, 0) is 11.2 Å². The molecule has 1 aliphatic heterocycles. The lowest BCUT2D eigenvalue weighted by molar-refractivity contribution is 0.0954. The highest BCUT2D eigenvalue weighted by Crippen LogP contribution is 2.16. The van der Waals surface area contributed by atoms with E-state index >= 15 is 0 Å². The van der Waals surface area contributed by atoms with Crippen molar-refractivity contribution in [2.24, 2.45) is 0 Å². The fraction of sp³-hybridized carbons (Fsp3) is 0.300. The van der Waals surface area contributed by atoms with Crippen LogP contribution in [0.5, 0.6) is 0 Å². The van der Waals surface area contributed by atoms with Gasteiger partial charge in [0.05, 0.1) is 24.8 Å². The summed E-state index contributed by atoms with van der Waals surface area (Å²) in [5.74, 6) is -0.116. The third-order valence-electron chi connectivity index (χ3n) is 4.29. The Morgan fingerprint density at radius 1 is 1.08 bits per heavy atom. The average molecular weight is 335 g/mol. The Morgan fingerprint density at radius 3 is 2.40 bits per heavy atom. The molecule has 128 valence electrons. The van der Waals surface area contributed by atoms with Gasteiger partial charge in [-0.1, -0.05) is 12.1 Å². The molecule has 0 aliphatic carbocycles. The smallest absolute Gasteiger partial charge is 0.251 e. The minimum atomic E-state index is -0.116. The normalized spacial score (nSPS) is 14.0. The summed E-state index contributed by atoms with van der Waals surface area (Å²) < 4.78 is 5.37. The fourth-order valence-electron chi connectivity index (χ4n) is 2.81. The number of hydrogen-bond acceptors (Lipinski definition) is 4. The monoisotopic (exact) mass is 335 g/mol. The van der Waals surface area contributed by atoms with Crippen LogP contribution in [0.4, 0.5) is 5.69 Å². The molecule has 1 amide bonds. The molecule has 1 saturated heterocycles. The number of benzene rings is 2. The van der Waals surface area contributed by atoms with Crippen LogP contribution in [0, 0.1) is 11.3 Å². The molecule has 0 bridgehead atoms. The average Bonchev–Trinajstić information content (AvgIpc) is 2.69. The number of nitriles is 1. The number of nitrogens with zero attached hydrogens (tertiary/aromatic N) is 2. The van der Waals surface area contributed by atoms with Crippen molar-refractivity contribution in [3.8, 4) is 6.07 Å². The lowest BCUT2D eigenvalue weighted by Gasteiger charge is -2.28. The third-order valence-corrected chi connectivity index (χ3v) is 4.29. The maximum Gasteiger partial charge on any atom is 0.251 e. The Morgan fingerprint density at radius 2 is 1.76 bits per heavy atom. The minimum absolute atomic E-state index is 0.116. The Labute approximate surface area is 147 Å². The topological polar surface area (TPSA) is 65.4 Å². The molecule has 0 saturated carbocycles. The van der Waals surface area contributed by atoms with Gasteiger partial charge in [-0.15, -0.1) is 0 Å². The molecule has 1 aliphatic rings. The van der Waals surface area contributed by atoms with Crippen molar-refractivity contribution in [2.45, 2.75) is 6.42 Å². The van der Waals surface area contributed by atoms with Crippen molar-refractivity contribution in [1.29, 1.82) is 5.26 Å². The number of carbonyl (C=O) groups is 1. The summed E-state index contributed by atoms with van der Waals surface area (Å²) in [5, 5.41) is 11.7. The summed E-state index contributed by atoms with van der Waals surface area (Å²) in [7, 11) is 0. The van der Waals surface area contributed by atoms with E-state index in [4.69, 9.17) is 10.00 Å². The molecule has 3 rings (SSSR count). The van der Waals surface area contributed by atoms with Gasteiger partial charge >= 0.3 is 0 Å². The van der Waals surface area contributed by atoms with Crippen molar-refractivity contribution in [2.75, 3.05) is 37.7 Å². The van der Waals surface area contributed by atoms with Crippen LogP contribution in [0.15, 0.2) is 48.5 Å². The van der Waals surface area contributed by atoms with Gasteiger partial charge in [0.25, 0.3) is 5.91 Å². The Bertz CT molecular complexity index is 742. The summed E-state index contributed by atoms with van der Waals surface area (Å²) in [5.41, 5.74) is 3.53. The van der Waals surface area contributed by atoms with Crippen LogP contribution in [0.25, 0.3) is 0 Å². The van der Waals surface area contributed by atoms with Gasteiger partial charge in [0, 0.05) is 30.9 Å². The summed E-state index contributed by atoms with van der Waals surface area (Å²) in [6, 6.07) is 17.2. The quantitative estimate of drug-likeness (QED) is 0.911. The number of amides is 1. The summed E-state index contributed by atoms with van der Waals surface area (Å²) in [6.07, 6.45) is 0.783. The van der Waals surface area contributed by atoms with E-state index in [0.29, 0.717) is 17.7 Å². The highest BCUT2D eigenvalue weighted by atomic mass is 16.5. The molecule has 5 nitrogen and oxygen atoms in total. The molecule has 1 fully saturated rings. The van der Waals surface area contributed by atoms with Crippen LogP contribution in [0.1, 0.15) is 21.5 Å². The predicted molar refractivity (Wildman–Crippen MR) is 96.7 cm³/mol. The minimum Gasteiger partial charge on any atom is -0.378 e. The van der Waals surface area contributed by atoms with Crippen LogP contribution in [0.2, 0.25) is 0 Å². The number of morpholine rings is 1. The number of rotatable bonds is 5.